The van der Waals surface area contributed by atoms with E-state index in [0.717, 1.165) is 40.0 Å². The zero-order valence-corrected chi connectivity index (χ0v) is 16.2. The fourth-order valence-corrected chi connectivity index (χ4v) is 4.99. The number of hydrogen-bond donors (Lipinski definition) is 1. The van der Waals surface area contributed by atoms with Crippen LogP contribution in [0.3, 0.4) is 0 Å². The molecule has 1 saturated heterocycles. The number of anilines is 1. The molecule has 26 heavy (non-hydrogen) atoms. The summed E-state index contributed by atoms with van der Waals surface area (Å²) in [7, 11) is 0. The first-order valence-corrected chi connectivity index (χ1v) is 10.1. The molecule has 1 aliphatic heterocycles. The van der Waals surface area contributed by atoms with Crippen molar-refractivity contribution in [2.45, 2.75) is 12.8 Å². The number of carboxylic acid groups (broad SMARTS) is 1. The fourth-order valence-electron chi connectivity index (χ4n) is 3.51. The number of piperidine rings is 1. The molecule has 134 valence electrons. The van der Waals surface area contributed by atoms with Gasteiger partial charge in [0.15, 0.2) is 0 Å². The topological polar surface area (TPSA) is 40.5 Å². The summed E-state index contributed by atoms with van der Waals surface area (Å²) < 4.78 is 1.01. The first kappa shape index (κ1) is 17.7. The van der Waals surface area contributed by atoms with E-state index in [2.05, 4.69) is 23.1 Å². The summed E-state index contributed by atoms with van der Waals surface area (Å²) >= 11 is 14.6. The van der Waals surface area contributed by atoms with Gasteiger partial charge < -0.3 is 10.0 Å². The van der Waals surface area contributed by atoms with Crippen LogP contribution in [0.25, 0.3) is 21.2 Å². The monoisotopic (exact) mass is 405 g/mol. The molecule has 3 aromatic rings. The standard InChI is InChI=1S/C20H17Cl2NO2S/c21-17-16(11-14-6-9-26-19(14)18(17)22)13-2-1-3-15(10-13)23-7-4-12(5-8-23)20(24)25/h1-3,6,9-12H,4-5,7-8H2,(H,24,25). The van der Waals surface area contributed by atoms with E-state index in [1.807, 2.05) is 23.6 Å². The SMILES string of the molecule is O=C(O)C1CCN(c2cccc(-c3cc4ccsc4c(Cl)c3Cl)c2)CC1. The van der Waals surface area contributed by atoms with Crippen LogP contribution in [-0.2, 0) is 4.79 Å². The Morgan fingerprint density at radius 3 is 2.62 bits per heavy atom. The highest BCUT2D eigenvalue weighted by molar-refractivity contribution is 7.18. The number of halogens is 2. The van der Waals surface area contributed by atoms with Gasteiger partial charge in [0.2, 0.25) is 0 Å². The Morgan fingerprint density at radius 2 is 1.88 bits per heavy atom. The summed E-state index contributed by atoms with van der Waals surface area (Å²) in [5, 5.41) is 13.4. The van der Waals surface area contributed by atoms with Crippen LogP contribution in [0.2, 0.25) is 10.0 Å². The summed E-state index contributed by atoms with van der Waals surface area (Å²) in [5.74, 6) is -0.924. The van der Waals surface area contributed by atoms with Gasteiger partial charge >= 0.3 is 5.97 Å². The fraction of sp³-hybridized carbons (Fsp3) is 0.250. The van der Waals surface area contributed by atoms with E-state index in [1.165, 1.54) is 0 Å². The Bertz CT molecular complexity index is 977. The average molecular weight is 406 g/mol. The molecule has 3 nitrogen and oxygen atoms in total. The molecule has 0 bridgehead atoms. The largest absolute Gasteiger partial charge is 0.481 e. The first-order chi connectivity index (χ1) is 12.5. The lowest BCUT2D eigenvalue weighted by Gasteiger charge is -2.32. The van der Waals surface area contributed by atoms with Gasteiger partial charge in [-0.3, -0.25) is 4.79 Å². The number of carbonyl (C=O) groups is 1. The van der Waals surface area contributed by atoms with Crippen molar-refractivity contribution < 1.29 is 9.90 Å². The maximum atomic E-state index is 11.1. The van der Waals surface area contributed by atoms with Crippen LogP contribution < -0.4 is 4.90 Å². The molecule has 2 aromatic carbocycles. The molecule has 0 saturated carbocycles. The Labute approximate surface area is 165 Å². The van der Waals surface area contributed by atoms with Crippen molar-refractivity contribution in [2.75, 3.05) is 18.0 Å². The number of carboxylic acids is 1. The highest BCUT2D eigenvalue weighted by atomic mass is 35.5. The Balaban J connectivity index is 1.67. The molecule has 0 radical (unpaired) electrons. The van der Waals surface area contributed by atoms with Gasteiger partial charge in [0.05, 0.1) is 20.7 Å². The van der Waals surface area contributed by atoms with Gasteiger partial charge in [-0.1, -0.05) is 35.3 Å². The van der Waals surface area contributed by atoms with Crippen LogP contribution in [0.1, 0.15) is 12.8 Å². The van der Waals surface area contributed by atoms with Gasteiger partial charge in [0.1, 0.15) is 0 Å². The van der Waals surface area contributed by atoms with Gasteiger partial charge in [-0.2, -0.15) is 0 Å². The lowest BCUT2D eigenvalue weighted by atomic mass is 9.96. The lowest BCUT2D eigenvalue weighted by molar-refractivity contribution is -0.142. The predicted molar refractivity (Wildman–Crippen MR) is 110 cm³/mol. The zero-order valence-electron chi connectivity index (χ0n) is 13.9. The Morgan fingerprint density at radius 1 is 1.12 bits per heavy atom. The summed E-state index contributed by atoms with van der Waals surface area (Å²) in [6, 6.07) is 12.3. The second-order valence-electron chi connectivity index (χ2n) is 6.54. The van der Waals surface area contributed by atoms with Crippen LogP contribution in [0.5, 0.6) is 0 Å². The van der Waals surface area contributed by atoms with Crippen molar-refractivity contribution in [3.8, 4) is 11.1 Å². The molecule has 0 amide bonds. The maximum Gasteiger partial charge on any atom is 0.306 e. The summed E-state index contributed by atoms with van der Waals surface area (Å²) in [6.07, 6.45) is 1.35. The Hall–Kier alpha value is -1.75. The minimum absolute atomic E-state index is 0.233. The number of hydrogen-bond acceptors (Lipinski definition) is 3. The third-order valence-electron chi connectivity index (χ3n) is 4.99. The van der Waals surface area contributed by atoms with Crippen molar-refractivity contribution in [1.82, 2.24) is 0 Å². The van der Waals surface area contributed by atoms with Gasteiger partial charge in [-0.25, -0.2) is 0 Å². The normalized spacial score (nSPS) is 15.5. The number of fused-ring (bicyclic) bond motifs is 1. The molecule has 0 unspecified atom stereocenters. The predicted octanol–water partition coefficient (Wildman–Crippen LogP) is 6.18. The molecule has 0 spiro atoms. The molecule has 1 aliphatic rings. The second-order valence-corrected chi connectivity index (χ2v) is 8.21. The van der Waals surface area contributed by atoms with E-state index in [0.29, 0.717) is 22.9 Å². The van der Waals surface area contributed by atoms with E-state index >= 15 is 0 Å². The van der Waals surface area contributed by atoms with Crippen LogP contribution in [0, 0.1) is 5.92 Å². The van der Waals surface area contributed by atoms with E-state index in [4.69, 9.17) is 28.3 Å². The third-order valence-corrected chi connectivity index (χ3v) is 6.92. The molecule has 1 N–H and O–H groups in total. The summed E-state index contributed by atoms with van der Waals surface area (Å²) in [4.78, 5) is 13.4. The van der Waals surface area contributed by atoms with E-state index in [-0.39, 0.29) is 5.92 Å². The van der Waals surface area contributed by atoms with E-state index in [9.17, 15) is 4.79 Å². The number of nitrogens with zero attached hydrogens (tertiary/aromatic N) is 1. The van der Waals surface area contributed by atoms with Gasteiger partial charge in [-0.15, -0.1) is 11.3 Å². The van der Waals surface area contributed by atoms with Crippen molar-refractivity contribution >= 4 is 56.3 Å². The molecule has 0 aliphatic carbocycles. The maximum absolute atomic E-state index is 11.1. The first-order valence-electron chi connectivity index (χ1n) is 8.48. The number of thiophene rings is 1. The third kappa shape index (κ3) is 3.18. The quantitative estimate of drug-likeness (QED) is 0.565. The minimum atomic E-state index is -0.691. The second kappa shape index (κ2) is 7.10. The number of benzene rings is 2. The van der Waals surface area contributed by atoms with Crippen LogP contribution >= 0.6 is 34.5 Å². The Kier molecular flexibility index (Phi) is 4.82. The minimum Gasteiger partial charge on any atom is -0.481 e. The van der Waals surface area contributed by atoms with Crippen molar-refractivity contribution in [1.29, 1.82) is 0 Å². The highest BCUT2D eigenvalue weighted by Gasteiger charge is 2.24. The van der Waals surface area contributed by atoms with Gasteiger partial charge in [0, 0.05) is 24.3 Å². The van der Waals surface area contributed by atoms with E-state index in [1.54, 1.807) is 11.3 Å². The van der Waals surface area contributed by atoms with Crippen molar-refractivity contribution in [3.05, 3.63) is 51.8 Å². The molecule has 2 heterocycles. The molecular weight excluding hydrogens is 389 g/mol. The average Bonchev–Trinajstić information content (AvgIpc) is 3.13. The van der Waals surface area contributed by atoms with Gasteiger partial charge in [-0.05, 0) is 53.4 Å². The van der Waals surface area contributed by atoms with Crippen LogP contribution in [0.15, 0.2) is 41.8 Å². The summed E-state index contributed by atoms with van der Waals surface area (Å²) in [5.41, 5.74) is 3.02. The van der Waals surface area contributed by atoms with Gasteiger partial charge in [0.25, 0.3) is 0 Å². The van der Waals surface area contributed by atoms with Crippen molar-refractivity contribution in [3.63, 3.8) is 0 Å². The number of rotatable bonds is 3. The molecule has 0 atom stereocenters. The highest BCUT2D eigenvalue weighted by Crippen LogP contribution is 2.42. The molecule has 4 rings (SSSR count). The van der Waals surface area contributed by atoms with Crippen molar-refractivity contribution in [2.24, 2.45) is 5.92 Å². The van der Waals surface area contributed by atoms with E-state index < -0.39 is 5.97 Å². The molecule has 6 heteroatoms. The zero-order chi connectivity index (χ0) is 18.3. The molecule has 1 fully saturated rings. The van der Waals surface area contributed by atoms with Crippen LogP contribution in [-0.4, -0.2) is 24.2 Å². The lowest BCUT2D eigenvalue weighted by Crippen LogP contribution is -2.36. The molecular formula is C20H17Cl2NO2S. The van der Waals surface area contributed by atoms with Crippen LogP contribution in [0.4, 0.5) is 5.69 Å². The smallest absolute Gasteiger partial charge is 0.306 e. The molecule has 1 aromatic heterocycles. The number of aliphatic carboxylic acids is 1. The summed E-state index contributed by atoms with van der Waals surface area (Å²) in [6.45, 7) is 1.50.